The molecule has 0 saturated heterocycles. The van der Waals surface area contributed by atoms with Crippen LogP contribution in [0.25, 0.3) is 11.0 Å². The minimum atomic E-state index is -0.331. The Morgan fingerprint density at radius 3 is 2.76 bits per heavy atom. The Bertz CT molecular complexity index is 892. The predicted molar refractivity (Wildman–Crippen MR) is 93.6 cm³/mol. The molecule has 0 unspecified atom stereocenters. The molecule has 2 amide bonds. The van der Waals surface area contributed by atoms with Gasteiger partial charge in [-0.1, -0.05) is 0 Å². The Morgan fingerprint density at radius 1 is 1.32 bits per heavy atom. The highest BCUT2D eigenvalue weighted by atomic mass is 19.1. The van der Waals surface area contributed by atoms with Crippen molar-refractivity contribution in [3.05, 3.63) is 65.4 Å². The Hall–Kier alpha value is -2.89. The van der Waals surface area contributed by atoms with Crippen LogP contribution in [0.3, 0.4) is 0 Å². The van der Waals surface area contributed by atoms with Crippen molar-refractivity contribution < 1.29 is 13.6 Å². The highest BCUT2D eigenvalue weighted by molar-refractivity contribution is 5.82. The van der Waals surface area contributed by atoms with Gasteiger partial charge >= 0.3 is 6.03 Å². The number of nitrogens with zero attached hydrogens (tertiary/aromatic N) is 2. The molecule has 5 nitrogen and oxygen atoms in total. The largest absolute Gasteiger partial charge is 0.459 e. The zero-order chi connectivity index (χ0) is 18.0. The van der Waals surface area contributed by atoms with E-state index in [2.05, 4.69) is 10.3 Å². The summed E-state index contributed by atoms with van der Waals surface area (Å²) < 4.78 is 19.2. The number of rotatable bonds is 4. The van der Waals surface area contributed by atoms with Crippen LogP contribution in [-0.2, 0) is 6.54 Å². The maximum atomic E-state index is 13.4. The number of aryl methyl sites for hydroxylation is 1. The van der Waals surface area contributed by atoms with Crippen LogP contribution in [0.4, 0.5) is 9.18 Å². The summed E-state index contributed by atoms with van der Waals surface area (Å²) in [6, 6.07) is 7.60. The minimum Gasteiger partial charge on any atom is -0.459 e. The van der Waals surface area contributed by atoms with E-state index in [0.29, 0.717) is 17.9 Å². The molecule has 2 aromatic heterocycles. The van der Waals surface area contributed by atoms with Crippen LogP contribution in [0.5, 0.6) is 0 Å². The summed E-state index contributed by atoms with van der Waals surface area (Å²) >= 11 is 0. The monoisotopic (exact) mass is 341 g/mol. The third-order valence-electron chi connectivity index (χ3n) is 4.18. The third-order valence-corrected chi connectivity index (χ3v) is 4.18. The number of carbonyl (C=O) groups is 1. The van der Waals surface area contributed by atoms with Gasteiger partial charge in [-0.05, 0) is 49.7 Å². The van der Waals surface area contributed by atoms with Crippen LogP contribution < -0.4 is 5.32 Å². The van der Waals surface area contributed by atoms with Crippen molar-refractivity contribution in [1.82, 2.24) is 15.2 Å². The van der Waals surface area contributed by atoms with Crippen LogP contribution in [0.15, 0.2) is 47.1 Å². The van der Waals surface area contributed by atoms with E-state index in [-0.39, 0.29) is 17.9 Å². The lowest BCUT2D eigenvalue weighted by molar-refractivity contribution is 0.202. The zero-order valence-electron chi connectivity index (χ0n) is 14.4. The van der Waals surface area contributed by atoms with E-state index in [4.69, 9.17) is 4.42 Å². The van der Waals surface area contributed by atoms with Crippen molar-refractivity contribution in [3.63, 3.8) is 0 Å². The first-order valence-corrected chi connectivity index (χ1v) is 8.05. The summed E-state index contributed by atoms with van der Waals surface area (Å²) in [4.78, 5) is 18.0. The van der Waals surface area contributed by atoms with E-state index in [1.165, 1.54) is 12.1 Å². The van der Waals surface area contributed by atoms with Crippen LogP contribution in [0, 0.1) is 12.7 Å². The number of nitrogens with one attached hydrogen (secondary N) is 1. The molecular formula is C19H20FN3O2. The average Bonchev–Trinajstić information content (AvgIpc) is 2.92. The quantitative estimate of drug-likeness (QED) is 0.774. The van der Waals surface area contributed by atoms with Crippen molar-refractivity contribution in [3.8, 4) is 0 Å². The molecule has 0 aliphatic carbocycles. The number of aromatic nitrogens is 1. The number of pyridine rings is 1. The number of carbonyl (C=O) groups excluding carboxylic acids is 1. The summed E-state index contributed by atoms with van der Waals surface area (Å²) in [6.07, 6.45) is 3.39. The first-order valence-electron chi connectivity index (χ1n) is 8.05. The molecule has 130 valence electrons. The molecule has 0 aliphatic rings. The molecule has 1 aromatic carbocycles. The number of urea groups is 1. The number of halogens is 1. The molecule has 6 heteroatoms. The summed E-state index contributed by atoms with van der Waals surface area (Å²) in [6.45, 7) is 4.19. The van der Waals surface area contributed by atoms with Gasteiger partial charge in [0.25, 0.3) is 0 Å². The van der Waals surface area contributed by atoms with Gasteiger partial charge < -0.3 is 14.6 Å². The molecule has 25 heavy (non-hydrogen) atoms. The predicted octanol–water partition coefficient (Wildman–Crippen LogP) is 4.18. The topological polar surface area (TPSA) is 58.4 Å². The molecule has 0 aliphatic heterocycles. The van der Waals surface area contributed by atoms with Crippen molar-refractivity contribution in [1.29, 1.82) is 0 Å². The molecule has 3 aromatic rings. The summed E-state index contributed by atoms with van der Waals surface area (Å²) in [5, 5.41) is 3.64. The van der Waals surface area contributed by atoms with E-state index in [9.17, 15) is 9.18 Å². The van der Waals surface area contributed by atoms with Gasteiger partial charge in [0.2, 0.25) is 0 Å². The van der Waals surface area contributed by atoms with Gasteiger partial charge in [0.15, 0.2) is 0 Å². The van der Waals surface area contributed by atoms with Crippen LogP contribution >= 0.6 is 0 Å². The van der Waals surface area contributed by atoms with Crippen molar-refractivity contribution >= 4 is 17.0 Å². The fourth-order valence-corrected chi connectivity index (χ4v) is 2.82. The molecule has 3 rings (SSSR count). The van der Waals surface area contributed by atoms with Gasteiger partial charge in [-0.3, -0.25) is 4.98 Å². The summed E-state index contributed by atoms with van der Waals surface area (Å²) in [5.41, 5.74) is 2.44. The van der Waals surface area contributed by atoms with E-state index in [1.807, 2.05) is 26.0 Å². The highest BCUT2D eigenvalue weighted by Gasteiger charge is 2.20. The SMILES string of the molecule is Cc1c([C@H](C)NC(=O)N(C)Cc2ccncc2)oc2ccc(F)cc12. The molecular weight excluding hydrogens is 321 g/mol. The highest BCUT2D eigenvalue weighted by Crippen LogP contribution is 2.30. The maximum Gasteiger partial charge on any atom is 0.318 e. The zero-order valence-corrected chi connectivity index (χ0v) is 14.4. The minimum absolute atomic E-state index is 0.213. The normalized spacial score (nSPS) is 12.2. The van der Waals surface area contributed by atoms with Gasteiger partial charge in [-0.25, -0.2) is 9.18 Å². The Morgan fingerprint density at radius 2 is 2.04 bits per heavy atom. The van der Waals surface area contributed by atoms with E-state index in [1.54, 1.807) is 30.4 Å². The molecule has 0 saturated carbocycles. The molecule has 1 atom stereocenters. The lowest BCUT2D eigenvalue weighted by atomic mass is 10.1. The lowest BCUT2D eigenvalue weighted by Gasteiger charge is -2.21. The molecule has 0 fully saturated rings. The summed E-state index contributed by atoms with van der Waals surface area (Å²) in [5.74, 6) is 0.322. The van der Waals surface area contributed by atoms with Gasteiger partial charge in [0.1, 0.15) is 17.2 Å². The fraction of sp³-hybridized carbons (Fsp3) is 0.263. The number of hydrogen-bond donors (Lipinski definition) is 1. The number of hydrogen-bond acceptors (Lipinski definition) is 3. The van der Waals surface area contributed by atoms with Gasteiger partial charge in [0, 0.05) is 36.9 Å². The number of furan rings is 1. The Balaban J connectivity index is 1.72. The average molecular weight is 341 g/mol. The smallest absolute Gasteiger partial charge is 0.318 e. The molecule has 0 spiro atoms. The lowest BCUT2D eigenvalue weighted by Crippen LogP contribution is -2.38. The Labute approximate surface area is 145 Å². The first kappa shape index (κ1) is 17.0. The third kappa shape index (κ3) is 3.63. The molecule has 1 N–H and O–H groups in total. The van der Waals surface area contributed by atoms with Gasteiger partial charge in [-0.15, -0.1) is 0 Å². The van der Waals surface area contributed by atoms with Crippen LogP contribution in [0.1, 0.15) is 29.9 Å². The summed E-state index contributed by atoms with van der Waals surface area (Å²) in [7, 11) is 1.73. The van der Waals surface area contributed by atoms with Crippen LogP contribution in [0.2, 0.25) is 0 Å². The van der Waals surface area contributed by atoms with Crippen molar-refractivity contribution in [2.45, 2.75) is 26.4 Å². The Kier molecular flexibility index (Phi) is 4.70. The second kappa shape index (κ2) is 6.93. The first-order chi connectivity index (χ1) is 12.0. The number of benzene rings is 1. The van der Waals surface area contributed by atoms with Crippen molar-refractivity contribution in [2.24, 2.45) is 0 Å². The van der Waals surface area contributed by atoms with Crippen LogP contribution in [-0.4, -0.2) is 23.0 Å². The second-order valence-electron chi connectivity index (χ2n) is 6.11. The fourth-order valence-electron chi connectivity index (χ4n) is 2.82. The number of fused-ring (bicyclic) bond motifs is 1. The van der Waals surface area contributed by atoms with Gasteiger partial charge in [-0.2, -0.15) is 0 Å². The van der Waals surface area contributed by atoms with Gasteiger partial charge in [0.05, 0.1) is 6.04 Å². The molecule has 0 bridgehead atoms. The van der Waals surface area contributed by atoms with Crippen molar-refractivity contribution in [2.75, 3.05) is 7.05 Å². The standard InChI is InChI=1S/C19H20FN3O2/c1-12-16-10-15(20)4-5-17(16)25-18(12)13(2)22-19(24)23(3)11-14-6-8-21-9-7-14/h4-10,13H,11H2,1-3H3,(H,22,24)/t13-/m0/s1. The van der Waals surface area contributed by atoms with E-state index < -0.39 is 0 Å². The number of amides is 2. The van der Waals surface area contributed by atoms with E-state index in [0.717, 1.165) is 16.5 Å². The molecule has 2 heterocycles. The maximum absolute atomic E-state index is 13.4. The second-order valence-corrected chi connectivity index (χ2v) is 6.11. The molecule has 0 radical (unpaired) electrons. The van der Waals surface area contributed by atoms with E-state index >= 15 is 0 Å².